The van der Waals surface area contributed by atoms with Gasteiger partial charge in [0.25, 0.3) is 0 Å². The number of sulfonamides is 1. The second-order valence-corrected chi connectivity index (χ2v) is 7.40. The van der Waals surface area contributed by atoms with Gasteiger partial charge in [-0.15, -0.1) is 0 Å². The van der Waals surface area contributed by atoms with E-state index in [9.17, 15) is 8.42 Å². The highest BCUT2D eigenvalue weighted by atomic mass is 32.2. The Bertz CT molecular complexity index is 733. The molecule has 5 nitrogen and oxygen atoms in total. The smallest absolute Gasteiger partial charge is 0.240 e. The number of hydrogen-bond acceptors (Lipinski definition) is 4. The lowest BCUT2D eigenvalue weighted by Gasteiger charge is -2.17. The van der Waals surface area contributed by atoms with Gasteiger partial charge >= 0.3 is 0 Å². The summed E-state index contributed by atoms with van der Waals surface area (Å²) in [6.45, 7) is 4.27. The monoisotopic (exact) mass is 348 g/mol. The van der Waals surface area contributed by atoms with Gasteiger partial charge in [0.15, 0.2) is 0 Å². The minimum absolute atomic E-state index is 0.288. The van der Waals surface area contributed by atoms with Crippen LogP contribution < -0.4 is 9.46 Å². The van der Waals surface area contributed by atoms with Gasteiger partial charge in [0.05, 0.1) is 4.90 Å². The van der Waals surface area contributed by atoms with E-state index >= 15 is 0 Å². The first kappa shape index (κ1) is 18.4. The number of nitrogens with one attached hydrogen (secondary N) is 1. The molecule has 130 valence electrons. The maximum Gasteiger partial charge on any atom is 0.240 e. The lowest BCUT2D eigenvalue weighted by Crippen LogP contribution is -2.34. The number of nitrogens with zero attached hydrogens (tertiary/aromatic N) is 1. The van der Waals surface area contributed by atoms with Gasteiger partial charge in [-0.1, -0.05) is 36.4 Å². The van der Waals surface area contributed by atoms with Crippen LogP contribution in [0.3, 0.4) is 0 Å². The van der Waals surface area contributed by atoms with Gasteiger partial charge in [-0.2, -0.15) is 0 Å². The fourth-order valence-corrected chi connectivity index (χ4v) is 3.24. The van der Waals surface area contributed by atoms with Crippen molar-refractivity contribution in [2.24, 2.45) is 0 Å². The lowest BCUT2D eigenvalue weighted by atomic mass is 10.2. The number of hydrogen-bond donors (Lipinski definition) is 1. The van der Waals surface area contributed by atoms with E-state index < -0.39 is 10.0 Å². The Labute approximate surface area is 144 Å². The fraction of sp³-hybridized carbons (Fsp3) is 0.333. The summed E-state index contributed by atoms with van der Waals surface area (Å²) in [6, 6.07) is 16.3. The number of benzene rings is 2. The Kier molecular flexibility index (Phi) is 6.78. The molecule has 0 atom stereocenters. The first-order chi connectivity index (χ1) is 11.5. The molecular weight excluding hydrogens is 324 g/mol. The number of likely N-dealkylation sites (N-methyl/N-ethyl adjacent to an activating group) is 1. The van der Waals surface area contributed by atoms with Gasteiger partial charge in [-0.25, -0.2) is 13.1 Å². The molecule has 0 aliphatic heterocycles. The van der Waals surface area contributed by atoms with Gasteiger partial charge in [0.1, 0.15) is 12.4 Å². The molecule has 2 aromatic carbocycles. The van der Waals surface area contributed by atoms with E-state index in [-0.39, 0.29) is 4.90 Å². The summed E-state index contributed by atoms with van der Waals surface area (Å²) >= 11 is 0. The zero-order chi connectivity index (χ0) is 17.4. The Morgan fingerprint density at radius 1 is 1.00 bits per heavy atom. The molecule has 0 spiro atoms. The van der Waals surface area contributed by atoms with Crippen LogP contribution in [0.25, 0.3) is 0 Å². The largest absolute Gasteiger partial charge is 0.492 e. The van der Waals surface area contributed by atoms with E-state index in [1.807, 2.05) is 43.1 Å². The van der Waals surface area contributed by atoms with Crippen LogP contribution in [0, 0.1) is 6.92 Å². The van der Waals surface area contributed by atoms with Crippen LogP contribution in [0.1, 0.15) is 5.56 Å². The van der Waals surface area contributed by atoms with E-state index in [1.54, 1.807) is 30.3 Å². The number of para-hydroxylation sites is 1. The molecule has 0 aliphatic rings. The zero-order valence-electron chi connectivity index (χ0n) is 14.1. The normalized spacial score (nSPS) is 11.6. The van der Waals surface area contributed by atoms with Crippen LogP contribution in [-0.4, -0.2) is 46.6 Å². The topological polar surface area (TPSA) is 58.6 Å². The minimum Gasteiger partial charge on any atom is -0.492 e. The van der Waals surface area contributed by atoms with Gasteiger partial charge in [-0.05, 0) is 37.7 Å². The summed E-state index contributed by atoms with van der Waals surface area (Å²) in [5, 5.41) is 0. The third kappa shape index (κ3) is 5.63. The maximum absolute atomic E-state index is 12.1. The highest BCUT2D eigenvalue weighted by Crippen LogP contribution is 2.15. The van der Waals surface area contributed by atoms with Crippen LogP contribution in [-0.2, 0) is 10.0 Å². The zero-order valence-corrected chi connectivity index (χ0v) is 14.9. The van der Waals surface area contributed by atoms with E-state index in [4.69, 9.17) is 4.74 Å². The molecule has 0 heterocycles. The van der Waals surface area contributed by atoms with E-state index in [0.717, 1.165) is 17.9 Å². The molecule has 0 bridgehead atoms. The molecule has 24 heavy (non-hydrogen) atoms. The van der Waals surface area contributed by atoms with Gasteiger partial charge < -0.3 is 9.64 Å². The van der Waals surface area contributed by atoms with Crippen LogP contribution in [0.2, 0.25) is 0 Å². The minimum atomic E-state index is -3.43. The summed E-state index contributed by atoms with van der Waals surface area (Å²) < 4.78 is 32.5. The highest BCUT2D eigenvalue weighted by Gasteiger charge is 2.12. The fourth-order valence-electron chi connectivity index (χ4n) is 2.20. The van der Waals surface area contributed by atoms with Crippen molar-refractivity contribution in [3.63, 3.8) is 0 Å². The molecule has 0 saturated carbocycles. The Hall–Kier alpha value is -1.89. The predicted octanol–water partition coefficient (Wildman–Crippen LogP) is 2.28. The Morgan fingerprint density at radius 2 is 1.67 bits per heavy atom. The molecule has 6 heteroatoms. The van der Waals surface area contributed by atoms with E-state index in [0.29, 0.717) is 19.7 Å². The van der Waals surface area contributed by atoms with Gasteiger partial charge in [-0.3, -0.25) is 0 Å². The van der Waals surface area contributed by atoms with Crippen molar-refractivity contribution in [1.29, 1.82) is 0 Å². The van der Waals surface area contributed by atoms with Crippen molar-refractivity contribution in [2.75, 3.05) is 33.3 Å². The summed E-state index contributed by atoms with van der Waals surface area (Å²) in [5.74, 6) is 0.885. The predicted molar refractivity (Wildman–Crippen MR) is 95.8 cm³/mol. The van der Waals surface area contributed by atoms with Crippen LogP contribution in [0.15, 0.2) is 59.5 Å². The molecule has 0 saturated heterocycles. The molecule has 1 N–H and O–H groups in total. The van der Waals surface area contributed by atoms with Crippen molar-refractivity contribution in [1.82, 2.24) is 9.62 Å². The van der Waals surface area contributed by atoms with Crippen molar-refractivity contribution in [2.45, 2.75) is 11.8 Å². The lowest BCUT2D eigenvalue weighted by molar-refractivity contribution is 0.238. The Balaban J connectivity index is 1.70. The van der Waals surface area contributed by atoms with Crippen molar-refractivity contribution >= 4 is 10.0 Å². The average Bonchev–Trinajstić information content (AvgIpc) is 2.57. The summed E-state index contributed by atoms with van der Waals surface area (Å²) in [5.41, 5.74) is 1.11. The van der Waals surface area contributed by atoms with E-state index in [2.05, 4.69) is 4.72 Å². The molecule has 0 unspecified atom stereocenters. The van der Waals surface area contributed by atoms with Gasteiger partial charge in [0.2, 0.25) is 10.0 Å². The molecule has 0 amide bonds. The van der Waals surface area contributed by atoms with Crippen molar-refractivity contribution in [3.05, 3.63) is 60.2 Å². The first-order valence-electron chi connectivity index (χ1n) is 7.91. The molecule has 2 rings (SSSR count). The third-order valence-corrected chi connectivity index (χ3v) is 5.14. The number of aryl methyl sites for hydroxylation is 1. The molecular formula is C18H24N2O3S. The summed E-state index contributed by atoms with van der Waals surface area (Å²) in [4.78, 5) is 2.32. The molecule has 0 aliphatic carbocycles. The van der Waals surface area contributed by atoms with Crippen molar-refractivity contribution < 1.29 is 13.2 Å². The quantitative estimate of drug-likeness (QED) is 0.755. The molecule has 0 radical (unpaired) electrons. The molecule has 0 aromatic heterocycles. The third-order valence-electron chi connectivity index (χ3n) is 3.66. The van der Waals surface area contributed by atoms with E-state index in [1.165, 1.54) is 0 Å². The Morgan fingerprint density at radius 3 is 2.38 bits per heavy atom. The van der Waals surface area contributed by atoms with Crippen LogP contribution in [0.5, 0.6) is 5.75 Å². The average molecular weight is 348 g/mol. The van der Waals surface area contributed by atoms with Gasteiger partial charge in [0, 0.05) is 19.6 Å². The number of rotatable bonds is 9. The maximum atomic E-state index is 12.1. The summed E-state index contributed by atoms with van der Waals surface area (Å²) in [6.07, 6.45) is 0. The standard InChI is InChI=1S/C18H24N2O3S/c1-16-8-6-7-11-18(16)23-15-14-20(2)13-12-19-24(21,22)17-9-4-3-5-10-17/h3-11,19H,12-15H2,1-2H3. The summed E-state index contributed by atoms with van der Waals surface area (Å²) in [7, 11) is -1.49. The highest BCUT2D eigenvalue weighted by molar-refractivity contribution is 7.89. The molecule has 0 fully saturated rings. The van der Waals surface area contributed by atoms with Crippen molar-refractivity contribution in [3.8, 4) is 5.75 Å². The first-order valence-corrected chi connectivity index (χ1v) is 9.39. The number of ether oxygens (including phenoxy) is 1. The van der Waals surface area contributed by atoms with Crippen LogP contribution >= 0.6 is 0 Å². The second-order valence-electron chi connectivity index (χ2n) is 5.63. The van der Waals surface area contributed by atoms with Crippen LogP contribution in [0.4, 0.5) is 0 Å². The molecule has 2 aromatic rings. The SMILES string of the molecule is Cc1ccccc1OCCN(C)CCNS(=O)(=O)c1ccccc1. The second kappa shape index (κ2) is 8.82.